The Bertz CT molecular complexity index is 457. The van der Waals surface area contributed by atoms with Crippen LogP contribution in [0, 0.1) is 5.82 Å². The normalized spacial score (nSPS) is 16.4. The lowest BCUT2D eigenvalue weighted by atomic mass is 9.93. The predicted molar refractivity (Wildman–Crippen MR) is 77.7 cm³/mol. The molecule has 1 aromatic rings. The van der Waals surface area contributed by atoms with Crippen LogP contribution in [0.15, 0.2) is 22.7 Å². The van der Waals surface area contributed by atoms with Crippen molar-refractivity contribution in [3.05, 3.63) is 34.1 Å². The number of hydrogen-bond acceptors (Lipinski definition) is 1. The summed E-state index contributed by atoms with van der Waals surface area (Å²) in [6, 6.07) is 4.91. The molecule has 4 heteroatoms. The van der Waals surface area contributed by atoms with Gasteiger partial charge < -0.3 is 4.90 Å². The van der Waals surface area contributed by atoms with E-state index in [1.165, 1.54) is 25.3 Å². The third kappa shape index (κ3) is 3.35. The van der Waals surface area contributed by atoms with Gasteiger partial charge in [-0.15, -0.1) is 0 Å². The van der Waals surface area contributed by atoms with Gasteiger partial charge in [-0.25, -0.2) is 4.39 Å². The van der Waals surface area contributed by atoms with Crippen molar-refractivity contribution in [3.63, 3.8) is 0 Å². The molecule has 0 spiro atoms. The smallest absolute Gasteiger partial charge is 0.254 e. The van der Waals surface area contributed by atoms with Crippen molar-refractivity contribution in [1.82, 2.24) is 4.90 Å². The fourth-order valence-corrected chi connectivity index (χ4v) is 3.00. The lowest BCUT2D eigenvalue weighted by Gasteiger charge is -2.33. The molecule has 0 aliphatic heterocycles. The topological polar surface area (TPSA) is 20.3 Å². The van der Waals surface area contributed by atoms with Crippen LogP contribution < -0.4 is 0 Å². The molecule has 1 aliphatic rings. The highest BCUT2D eigenvalue weighted by molar-refractivity contribution is 9.10. The minimum Gasteiger partial charge on any atom is -0.336 e. The summed E-state index contributed by atoms with van der Waals surface area (Å²) >= 11 is 3.11. The number of halogens is 2. The molecule has 0 N–H and O–H groups in total. The Labute approximate surface area is 122 Å². The summed E-state index contributed by atoms with van der Waals surface area (Å²) in [5, 5.41) is 0. The van der Waals surface area contributed by atoms with Crippen LogP contribution >= 0.6 is 15.9 Å². The first-order valence-corrected chi connectivity index (χ1v) is 7.68. The van der Waals surface area contributed by atoms with E-state index < -0.39 is 0 Å². The fraction of sp³-hybridized carbons (Fsp3) is 0.533. The first-order chi connectivity index (χ1) is 9.13. The zero-order valence-electron chi connectivity index (χ0n) is 11.2. The summed E-state index contributed by atoms with van der Waals surface area (Å²) in [5.74, 6) is -0.439. The molecule has 1 fully saturated rings. The summed E-state index contributed by atoms with van der Waals surface area (Å²) in [7, 11) is 0. The summed E-state index contributed by atoms with van der Waals surface area (Å²) in [4.78, 5) is 14.4. The monoisotopic (exact) mass is 327 g/mol. The SMILES string of the molecule is CCN(C(=O)c1ccc(Br)c(F)c1)C1CCCCC1. The van der Waals surface area contributed by atoms with Crippen molar-refractivity contribution in [1.29, 1.82) is 0 Å². The van der Waals surface area contributed by atoms with Gasteiger partial charge in [-0.2, -0.15) is 0 Å². The molecule has 104 valence electrons. The number of nitrogens with zero attached hydrogens (tertiary/aromatic N) is 1. The van der Waals surface area contributed by atoms with Gasteiger partial charge in [-0.05, 0) is 53.9 Å². The highest BCUT2D eigenvalue weighted by Crippen LogP contribution is 2.25. The first kappa shape index (κ1) is 14.5. The van der Waals surface area contributed by atoms with Gasteiger partial charge in [-0.3, -0.25) is 4.79 Å². The standard InChI is InChI=1S/C15H19BrFNO/c1-2-18(12-6-4-3-5-7-12)15(19)11-8-9-13(16)14(17)10-11/h8-10,12H,2-7H2,1H3. The van der Waals surface area contributed by atoms with Crippen LogP contribution in [0.5, 0.6) is 0 Å². The van der Waals surface area contributed by atoms with Crippen molar-refractivity contribution in [2.75, 3.05) is 6.54 Å². The van der Waals surface area contributed by atoms with Crippen molar-refractivity contribution in [2.45, 2.75) is 45.1 Å². The van der Waals surface area contributed by atoms with Gasteiger partial charge in [0.15, 0.2) is 0 Å². The number of carbonyl (C=O) groups is 1. The second kappa shape index (κ2) is 6.51. The van der Waals surface area contributed by atoms with Crippen LogP contribution in [0.25, 0.3) is 0 Å². The number of carbonyl (C=O) groups excluding carboxylic acids is 1. The van der Waals surface area contributed by atoms with E-state index in [-0.39, 0.29) is 11.7 Å². The molecule has 2 rings (SSSR count). The van der Waals surface area contributed by atoms with Crippen molar-refractivity contribution in [3.8, 4) is 0 Å². The van der Waals surface area contributed by atoms with Crippen LogP contribution in [-0.4, -0.2) is 23.4 Å². The fourth-order valence-electron chi connectivity index (χ4n) is 2.76. The quantitative estimate of drug-likeness (QED) is 0.806. The lowest BCUT2D eigenvalue weighted by molar-refractivity contribution is 0.0647. The number of hydrogen-bond donors (Lipinski definition) is 0. The zero-order valence-corrected chi connectivity index (χ0v) is 12.7. The molecule has 1 saturated carbocycles. The Kier molecular flexibility index (Phi) is 4.97. The molecule has 0 heterocycles. The van der Waals surface area contributed by atoms with Crippen LogP contribution in [-0.2, 0) is 0 Å². The average molecular weight is 328 g/mol. The largest absolute Gasteiger partial charge is 0.336 e. The van der Waals surface area contributed by atoms with Gasteiger partial charge >= 0.3 is 0 Å². The van der Waals surface area contributed by atoms with E-state index in [2.05, 4.69) is 15.9 Å². The molecule has 0 radical (unpaired) electrons. The second-order valence-electron chi connectivity index (χ2n) is 5.01. The Balaban J connectivity index is 2.17. The van der Waals surface area contributed by atoms with E-state index in [4.69, 9.17) is 0 Å². The van der Waals surface area contributed by atoms with E-state index in [1.807, 2.05) is 11.8 Å². The van der Waals surface area contributed by atoms with Gasteiger partial charge in [0.25, 0.3) is 5.91 Å². The summed E-state index contributed by atoms with van der Waals surface area (Å²) in [5.41, 5.74) is 0.438. The minimum atomic E-state index is -0.384. The highest BCUT2D eigenvalue weighted by atomic mass is 79.9. The summed E-state index contributed by atoms with van der Waals surface area (Å²) in [6.07, 6.45) is 5.76. The Hall–Kier alpha value is -0.900. The molecule has 1 amide bonds. The van der Waals surface area contributed by atoms with E-state index >= 15 is 0 Å². The van der Waals surface area contributed by atoms with Gasteiger partial charge in [0, 0.05) is 18.2 Å². The molecule has 0 saturated heterocycles. The Morgan fingerprint density at radius 2 is 2.05 bits per heavy atom. The minimum absolute atomic E-state index is 0.0548. The number of rotatable bonds is 3. The lowest BCUT2D eigenvalue weighted by Crippen LogP contribution is -2.41. The Morgan fingerprint density at radius 1 is 1.37 bits per heavy atom. The van der Waals surface area contributed by atoms with Gasteiger partial charge in [0.2, 0.25) is 0 Å². The third-order valence-electron chi connectivity index (χ3n) is 3.78. The maximum absolute atomic E-state index is 13.5. The molecule has 1 aromatic carbocycles. The molecule has 0 unspecified atom stereocenters. The van der Waals surface area contributed by atoms with Crippen LogP contribution in [0.4, 0.5) is 4.39 Å². The van der Waals surface area contributed by atoms with E-state index in [1.54, 1.807) is 12.1 Å². The molecule has 2 nitrogen and oxygen atoms in total. The molecule has 0 atom stereocenters. The molecule has 0 aromatic heterocycles. The number of benzene rings is 1. The van der Waals surface area contributed by atoms with Gasteiger partial charge in [-0.1, -0.05) is 19.3 Å². The highest BCUT2D eigenvalue weighted by Gasteiger charge is 2.25. The van der Waals surface area contributed by atoms with Crippen LogP contribution in [0.1, 0.15) is 49.4 Å². The van der Waals surface area contributed by atoms with E-state index in [0.29, 0.717) is 22.6 Å². The third-order valence-corrected chi connectivity index (χ3v) is 4.43. The number of amides is 1. The van der Waals surface area contributed by atoms with Crippen LogP contribution in [0.3, 0.4) is 0 Å². The second-order valence-corrected chi connectivity index (χ2v) is 5.87. The zero-order chi connectivity index (χ0) is 13.8. The molecular weight excluding hydrogens is 309 g/mol. The maximum atomic E-state index is 13.5. The van der Waals surface area contributed by atoms with Crippen molar-refractivity contribution < 1.29 is 9.18 Å². The molecule has 19 heavy (non-hydrogen) atoms. The average Bonchev–Trinajstić information content (AvgIpc) is 2.44. The van der Waals surface area contributed by atoms with Crippen LogP contribution in [0.2, 0.25) is 0 Å². The van der Waals surface area contributed by atoms with E-state index in [9.17, 15) is 9.18 Å². The predicted octanol–water partition coefficient (Wildman–Crippen LogP) is 4.38. The summed E-state index contributed by atoms with van der Waals surface area (Å²) < 4.78 is 13.9. The van der Waals surface area contributed by atoms with Crippen molar-refractivity contribution in [2.24, 2.45) is 0 Å². The van der Waals surface area contributed by atoms with Gasteiger partial charge in [0.1, 0.15) is 5.82 Å². The first-order valence-electron chi connectivity index (χ1n) is 6.89. The van der Waals surface area contributed by atoms with Crippen molar-refractivity contribution >= 4 is 21.8 Å². The Morgan fingerprint density at radius 3 is 2.63 bits per heavy atom. The van der Waals surface area contributed by atoms with E-state index in [0.717, 1.165) is 12.8 Å². The molecule has 1 aliphatic carbocycles. The summed E-state index contributed by atoms with van der Waals surface area (Å²) in [6.45, 7) is 2.67. The van der Waals surface area contributed by atoms with Gasteiger partial charge in [0.05, 0.1) is 4.47 Å². The molecule has 0 bridgehead atoms. The maximum Gasteiger partial charge on any atom is 0.254 e. The molecular formula is C15H19BrFNO.